The van der Waals surface area contributed by atoms with Crippen molar-refractivity contribution in [2.75, 3.05) is 0 Å². The highest BCUT2D eigenvalue weighted by molar-refractivity contribution is 5.84. The Kier molecular flexibility index (Phi) is 2.01. The number of benzene rings is 1. The Balaban J connectivity index is 2.18. The normalized spacial score (nSPS) is 10.9. The van der Waals surface area contributed by atoms with Crippen molar-refractivity contribution in [3.63, 3.8) is 0 Å². The predicted octanol–water partition coefficient (Wildman–Crippen LogP) is 0.664. The first kappa shape index (κ1) is 9.71. The first-order valence-corrected chi connectivity index (χ1v) is 5.09. The summed E-state index contributed by atoms with van der Waals surface area (Å²) in [5, 5.41) is 24.9. The summed E-state index contributed by atoms with van der Waals surface area (Å²) in [6.45, 7) is 0. The summed E-state index contributed by atoms with van der Waals surface area (Å²) in [6, 6.07) is 7.49. The molecule has 0 unspecified atom stereocenters. The van der Waals surface area contributed by atoms with Gasteiger partial charge < -0.3 is 5.21 Å². The van der Waals surface area contributed by atoms with Crippen LogP contribution in [0.5, 0.6) is 0 Å². The molecule has 0 N–H and O–H groups in total. The summed E-state index contributed by atoms with van der Waals surface area (Å²) in [6.07, 6.45) is 3.00. The number of aryl methyl sites for hydroxylation is 1. The van der Waals surface area contributed by atoms with Gasteiger partial charge in [0.1, 0.15) is 0 Å². The van der Waals surface area contributed by atoms with Crippen LogP contribution in [0.25, 0.3) is 22.2 Å². The Bertz CT molecular complexity index is 691. The molecule has 6 heteroatoms. The van der Waals surface area contributed by atoms with Gasteiger partial charge in [-0.3, -0.25) is 0 Å². The van der Waals surface area contributed by atoms with Crippen LogP contribution >= 0.6 is 0 Å². The molecule has 17 heavy (non-hydrogen) atoms. The van der Waals surface area contributed by atoms with E-state index in [1.165, 1.54) is 17.2 Å². The van der Waals surface area contributed by atoms with Crippen molar-refractivity contribution < 1.29 is 4.73 Å². The van der Waals surface area contributed by atoms with Gasteiger partial charge in [-0.15, -0.1) is 10.2 Å². The van der Waals surface area contributed by atoms with Gasteiger partial charge in [-0.2, -0.15) is 9.53 Å². The molecule has 1 aromatic carbocycles. The second-order valence-electron chi connectivity index (χ2n) is 3.75. The number of fused-ring (bicyclic) bond motifs is 1. The van der Waals surface area contributed by atoms with Gasteiger partial charge in [-0.05, 0) is 16.7 Å². The van der Waals surface area contributed by atoms with Crippen LogP contribution in [0.2, 0.25) is 0 Å². The number of rotatable bonds is 1. The van der Waals surface area contributed by atoms with E-state index in [2.05, 4.69) is 15.4 Å². The molecule has 0 bridgehead atoms. The molecule has 0 atom stereocenters. The lowest BCUT2D eigenvalue weighted by molar-refractivity contribution is -0.603. The fraction of sp³-hybridized carbons (Fsp3) is 0.0909. The molecule has 0 aliphatic carbocycles. The van der Waals surface area contributed by atoms with Crippen molar-refractivity contribution in [2.45, 2.75) is 0 Å². The lowest BCUT2D eigenvalue weighted by Crippen LogP contribution is -2.23. The second-order valence-corrected chi connectivity index (χ2v) is 3.75. The smallest absolute Gasteiger partial charge is 0.204 e. The van der Waals surface area contributed by atoms with Crippen LogP contribution in [0.4, 0.5) is 0 Å². The van der Waals surface area contributed by atoms with Crippen molar-refractivity contribution in [1.82, 2.24) is 20.2 Å². The number of hydrogen-bond donors (Lipinski definition) is 0. The lowest BCUT2D eigenvalue weighted by Gasteiger charge is -2.00. The van der Waals surface area contributed by atoms with Gasteiger partial charge in [0.05, 0.1) is 7.05 Å². The van der Waals surface area contributed by atoms with Crippen LogP contribution in [0.3, 0.4) is 0 Å². The first-order valence-electron chi connectivity index (χ1n) is 5.09. The fourth-order valence-electron chi connectivity index (χ4n) is 1.71. The average Bonchev–Trinajstić information content (AvgIpc) is 2.75. The van der Waals surface area contributed by atoms with Crippen molar-refractivity contribution in [3.8, 4) is 11.4 Å². The predicted molar refractivity (Wildman–Crippen MR) is 60.7 cm³/mol. The van der Waals surface area contributed by atoms with Crippen LogP contribution in [0.1, 0.15) is 0 Å². The second kappa shape index (κ2) is 3.51. The number of aromatic nitrogens is 5. The van der Waals surface area contributed by atoms with E-state index in [1.54, 1.807) is 13.1 Å². The van der Waals surface area contributed by atoms with Gasteiger partial charge in [0.15, 0.2) is 12.4 Å². The van der Waals surface area contributed by atoms with E-state index in [0.717, 1.165) is 21.1 Å². The zero-order valence-corrected chi connectivity index (χ0v) is 9.11. The van der Waals surface area contributed by atoms with E-state index in [4.69, 9.17) is 0 Å². The minimum Gasteiger partial charge on any atom is -0.619 e. The molecule has 3 aromatic rings. The monoisotopic (exact) mass is 227 g/mol. The molecule has 0 saturated carbocycles. The summed E-state index contributed by atoms with van der Waals surface area (Å²) in [4.78, 5) is 1.40. The minimum absolute atomic E-state index is 0.552. The summed E-state index contributed by atoms with van der Waals surface area (Å²) in [5.74, 6) is 0.552. The standard InChI is InChI=1S/C11H9N5O/c1-15-13-11(12-14-15)9-3-2-8-4-5-16(17)7-10(8)6-9/h2-7H,1H3. The van der Waals surface area contributed by atoms with E-state index in [-0.39, 0.29) is 0 Å². The molecule has 2 heterocycles. The molecule has 0 fully saturated rings. The Morgan fingerprint density at radius 3 is 2.88 bits per heavy atom. The molecule has 0 spiro atoms. The molecular formula is C11H9N5O. The van der Waals surface area contributed by atoms with Gasteiger partial charge in [0, 0.05) is 17.0 Å². The summed E-state index contributed by atoms with van der Waals surface area (Å²) < 4.78 is 0.774. The van der Waals surface area contributed by atoms with Gasteiger partial charge in [-0.1, -0.05) is 12.1 Å². The third kappa shape index (κ3) is 1.69. The van der Waals surface area contributed by atoms with Crippen LogP contribution in [-0.4, -0.2) is 20.2 Å². The topological polar surface area (TPSA) is 70.5 Å². The van der Waals surface area contributed by atoms with Gasteiger partial charge in [0.25, 0.3) is 0 Å². The molecular weight excluding hydrogens is 218 g/mol. The Morgan fingerprint density at radius 2 is 2.12 bits per heavy atom. The first-order chi connectivity index (χ1) is 8.22. The van der Waals surface area contributed by atoms with Crippen molar-refractivity contribution >= 4 is 10.8 Å². The maximum atomic E-state index is 11.2. The van der Waals surface area contributed by atoms with Crippen LogP contribution < -0.4 is 4.73 Å². The third-order valence-electron chi connectivity index (χ3n) is 2.52. The summed E-state index contributed by atoms with van der Waals surface area (Å²) >= 11 is 0. The maximum absolute atomic E-state index is 11.2. The molecule has 3 rings (SSSR count). The maximum Gasteiger partial charge on any atom is 0.204 e. The summed E-state index contributed by atoms with van der Waals surface area (Å²) in [5.41, 5.74) is 0.844. The molecule has 0 radical (unpaired) electrons. The van der Waals surface area contributed by atoms with Gasteiger partial charge in [-0.25, -0.2) is 0 Å². The van der Waals surface area contributed by atoms with Crippen LogP contribution in [0, 0.1) is 5.21 Å². The zero-order chi connectivity index (χ0) is 11.8. The quantitative estimate of drug-likeness (QED) is 0.452. The van der Waals surface area contributed by atoms with Gasteiger partial charge >= 0.3 is 0 Å². The van der Waals surface area contributed by atoms with Gasteiger partial charge in [0.2, 0.25) is 5.82 Å². The fourth-order valence-corrected chi connectivity index (χ4v) is 1.71. The molecule has 84 valence electrons. The Labute approximate surface area is 96.7 Å². The van der Waals surface area contributed by atoms with Crippen molar-refractivity contribution in [3.05, 3.63) is 41.9 Å². The highest BCUT2D eigenvalue weighted by Crippen LogP contribution is 2.19. The molecule has 0 aliphatic heterocycles. The largest absolute Gasteiger partial charge is 0.619 e. The highest BCUT2D eigenvalue weighted by Gasteiger charge is 2.06. The number of hydrogen-bond acceptors (Lipinski definition) is 4. The van der Waals surface area contributed by atoms with E-state index in [0.29, 0.717) is 5.82 Å². The van der Waals surface area contributed by atoms with Crippen molar-refractivity contribution in [1.29, 1.82) is 0 Å². The average molecular weight is 227 g/mol. The molecule has 0 saturated heterocycles. The van der Waals surface area contributed by atoms with Crippen LogP contribution in [0.15, 0.2) is 36.7 Å². The highest BCUT2D eigenvalue weighted by atomic mass is 16.5. The zero-order valence-electron chi connectivity index (χ0n) is 9.11. The number of tetrazole rings is 1. The van der Waals surface area contributed by atoms with E-state index in [1.807, 2.05) is 18.2 Å². The van der Waals surface area contributed by atoms with Crippen LogP contribution in [-0.2, 0) is 7.05 Å². The van der Waals surface area contributed by atoms with Crippen molar-refractivity contribution in [2.24, 2.45) is 7.05 Å². The Hall–Kier alpha value is -2.50. The van der Waals surface area contributed by atoms with E-state index >= 15 is 0 Å². The van der Waals surface area contributed by atoms with E-state index < -0.39 is 0 Å². The number of nitrogens with zero attached hydrogens (tertiary/aromatic N) is 5. The number of pyridine rings is 1. The SMILES string of the molecule is Cn1nnc(-c2ccc3cc[n+]([O-])cc3c2)n1. The third-order valence-corrected chi connectivity index (χ3v) is 2.52. The molecule has 6 nitrogen and oxygen atoms in total. The molecule has 2 aromatic heterocycles. The lowest BCUT2D eigenvalue weighted by atomic mass is 10.1. The Morgan fingerprint density at radius 1 is 1.24 bits per heavy atom. The minimum atomic E-state index is 0.552. The van der Waals surface area contributed by atoms with E-state index in [9.17, 15) is 5.21 Å². The molecule has 0 amide bonds. The summed E-state index contributed by atoms with van der Waals surface area (Å²) in [7, 11) is 1.71. The molecule has 0 aliphatic rings.